The van der Waals surface area contributed by atoms with Gasteiger partial charge in [0.05, 0.1) is 40.8 Å². The minimum atomic E-state index is -1.20. The van der Waals surface area contributed by atoms with E-state index in [1.54, 1.807) is 41.7 Å². The number of aromatic amines is 1. The Morgan fingerprint density at radius 3 is 2.94 bits per heavy atom. The second-order valence-corrected chi connectivity index (χ2v) is 8.67. The van der Waals surface area contributed by atoms with Gasteiger partial charge in [-0.3, -0.25) is 14.3 Å². The molecule has 6 heterocycles. The van der Waals surface area contributed by atoms with Gasteiger partial charge in [0.1, 0.15) is 35.5 Å². The molecule has 0 saturated carbocycles. The Bertz CT molecular complexity index is 1670. The number of hydrogen-bond donors (Lipinski definition) is 1. The fourth-order valence-corrected chi connectivity index (χ4v) is 4.87. The molecule has 2 atom stereocenters. The first-order valence-electron chi connectivity index (χ1n) is 10.9. The van der Waals surface area contributed by atoms with Crippen LogP contribution in [0.4, 0.5) is 10.2 Å². The number of nitrogens with zero attached hydrogens (tertiary/aromatic N) is 8. The van der Waals surface area contributed by atoms with Crippen molar-refractivity contribution >= 4 is 34.0 Å². The molecule has 35 heavy (non-hydrogen) atoms. The molecule has 174 valence electrons. The highest BCUT2D eigenvalue weighted by molar-refractivity contribution is 6.33. The van der Waals surface area contributed by atoms with Crippen LogP contribution in [-0.2, 0) is 6.54 Å². The Morgan fingerprint density at radius 2 is 2.14 bits per heavy atom. The van der Waals surface area contributed by atoms with E-state index in [-0.39, 0.29) is 35.6 Å². The third-order valence-electron chi connectivity index (χ3n) is 6.19. The molecular formula is C23H17ClFN9O. The summed E-state index contributed by atoms with van der Waals surface area (Å²) in [4.78, 5) is 31.2. The van der Waals surface area contributed by atoms with Gasteiger partial charge >= 0.3 is 0 Å². The van der Waals surface area contributed by atoms with E-state index in [9.17, 15) is 14.4 Å². The highest BCUT2D eigenvalue weighted by Crippen LogP contribution is 2.39. The molecule has 0 unspecified atom stereocenters. The first-order valence-corrected chi connectivity index (χ1v) is 11.2. The van der Waals surface area contributed by atoms with Crippen LogP contribution >= 0.6 is 11.6 Å². The lowest BCUT2D eigenvalue weighted by atomic mass is 10.1. The Hall–Kier alpha value is -4.30. The van der Waals surface area contributed by atoms with Crippen molar-refractivity contribution in [2.45, 2.75) is 25.2 Å². The van der Waals surface area contributed by atoms with Gasteiger partial charge < -0.3 is 9.88 Å². The molecule has 1 saturated heterocycles. The third-order valence-corrected chi connectivity index (χ3v) is 6.49. The van der Waals surface area contributed by atoms with Gasteiger partial charge in [-0.05, 0) is 18.2 Å². The summed E-state index contributed by atoms with van der Waals surface area (Å²) < 4.78 is 17.9. The van der Waals surface area contributed by atoms with Crippen molar-refractivity contribution in [3.05, 3.63) is 81.6 Å². The van der Waals surface area contributed by atoms with E-state index in [2.05, 4.69) is 26.0 Å². The summed E-state index contributed by atoms with van der Waals surface area (Å²) in [5.74, 6) is 0.753. The van der Waals surface area contributed by atoms with Gasteiger partial charge in [-0.1, -0.05) is 17.7 Å². The van der Waals surface area contributed by atoms with Crippen molar-refractivity contribution in [1.29, 1.82) is 5.26 Å². The first kappa shape index (κ1) is 21.2. The van der Waals surface area contributed by atoms with E-state index < -0.39 is 12.2 Å². The van der Waals surface area contributed by atoms with Crippen LogP contribution in [0.1, 0.15) is 29.5 Å². The number of halogens is 2. The van der Waals surface area contributed by atoms with Gasteiger partial charge in [0.25, 0.3) is 5.56 Å². The van der Waals surface area contributed by atoms with E-state index in [0.717, 1.165) is 0 Å². The molecule has 5 aromatic rings. The summed E-state index contributed by atoms with van der Waals surface area (Å²) in [5, 5.41) is 15.1. The topological polar surface area (TPSA) is 121 Å². The highest BCUT2D eigenvalue weighted by Gasteiger charge is 2.39. The number of anilines is 1. The molecule has 6 rings (SSSR count). The number of alkyl halides is 1. The molecule has 0 aliphatic carbocycles. The largest absolute Gasteiger partial charge is 0.345 e. The maximum Gasteiger partial charge on any atom is 0.279 e. The van der Waals surface area contributed by atoms with E-state index in [4.69, 9.17) is 16.7 Å². The lowest BCUT2D eigenvalue weighted by Crippen LogP contribution is -2.34. The molecule has 0 bridgehead atoms. The predicted octanol–water partition coefficient (Wildman–Crippen LogP) is 3.03. The van der Waals surface area contributed by atoms with Crippen molar-refractivity contribution in [1.82, 2.24) is 34.1 Å². The number of aromatic nitrogens is 7. The summed E-state index contributed by atoms with van der Waals surface area (Å²) in [6.45, 7) is 0.158. The Morgan fingerprint density at radius 1 is 1.26 bits per heavy atom. The van der Waals surface area contributed by atoms with E-state index in [1.165, 1.54) is 15.4 Å². The number of nitrogens with one attached hydrogen (secondary N) is 1. The summed E-state index contributed by atoms with van der Waals surface area (Å²) in [6.07, 6.45) is 5.04. The second kappa shape index (κ2) is 8.18. The van der Waals surface area contributed by atoms with Crippen molar-refractivity contribution in [2.24, 2.45) is 0 Å². The number of H-pyrrole nitrogens is 1. The quantitative estimate of drug-likeness (QED) is 0.412. The molecular weight excluding hydrogens is 473 g/mol. The zero-order chi connectivity index (χ0) is 24.1. The van der Waals surface area contributed by atoms with Gasteiger partial charge in [0, 0.05) is 25.0 Å². The van der Waals surface area contributed by atoms with Crippen molar-refractivity contribution in [2.75, 3.05) is 11.4 Å². The van der Waals surface area contributed by atoms with Gasteiger partial charge in [0.2, 0.25) is 0 Å². The molecule has 0 aromatic carbocycles. The lowest BCUT2D eigenvalue weighted by molar-refractivity contribution is 0.353. The average Bonchev–Trinajstić information content (AvgIpc) is 3.57. The summed E-state index contributed by atoms with van der Waals surface area (Å²) in [6, 6.07) is 8.51. The van der Waals surface area contributed by atoms with E-state index in [0.29, 0.717) is 33.9 Å². The second-order valence-electron chi connectivity index (χ2n) is 8.26. The van der Waals surface area contributed by atoms with Crippen LogP contribution in [0.15, 0.2) is 54.0 Å². The molecule has 0 amide bonds. The van der Waals surface area contributed by atoms with Gasteiger partial charge in [-0.2, -0.15) is 10.4 Å². The molecule has 10 nitrogen and oxygen atoms in total. The first-order chi connectivity index (χ1) is 17.0. The summed E-state index contributed by atoms with van der Waals surface area (Å²) in [7, 11) is 0. The Labute approximate surface area is 202 Å². The smallest absolute Gasteiger partial charge is 0.279 e. The van der Waals surface area contributed by atoms with Crippen LogP contribution in [0.25, 0.3) is 16.6 Å². The van der Waals surface area contributed by atoms with Gasteiger partial charge in [-0.25, -0.2) is 18.9 Å². The van der Waals surface area contributed by atoms with Crippen molar-refractivity contribution < 1.29 is 4.39 Å². The molecule has 1 aliphatic heterocycles. The van der Waals surface area contributed by atoms with Crippen LogP contribution in [-0.4, -0.2) is 46.8 Å². The normalized spacial score (nSPS) is 17.9. The number of pyridine rings is 1. The molecule has 12 heteroatoms. The zero-order valence-corrected chi connectivity index (χ0v) is 18.9. The van der Waals surface area contributed by atoms with Crippen LogP contribution in [0.5, 0.6) is 0 Å². The number of hydrogen-bond acceptors (Lipinski definition) is 7. The Balaban J connectivity index is 1.57. The molecule has 1 N–H and O–H groups in total. The maximum atomic E-state index is 15.0. The lowest BCUT2D eigenvalue weighted by Gasteiger charge is -2.27. The van der Waals surface area contributed by atoms with Gasteiger partial charge in [0.15, 0.2) is 5.82 Å². The SMILES string of the molecule is N#Cc1c[nH]c2ncnc(N3C[C@@H](F)C[C@H]3c3nn4ccc(Cl)c4c(=O)n3Cc3ccccn3)c12. The van der Waals surface area contributed by atoms with Crippen LogP contribution in [0.2, 0.25) is 5.02 Å². The van der Waals surface area contributed by atoms with E-state index >= 15 is 0 Å². The van der Waals surface area contributed by atoms with Crippen LogP contribution in [0, 0.1) is 11.3 Å². The van der Waals surface area contributed by atoms with Gasteiger partial charge in [-0.15, -0.1) is 0 Å². The van der Waals surface area contributed by atoms with Crippen LogP contribution in [0.3, 0.4) is 0 Å². The third kappa shape index (κ3) is 3.41. The standard InChI is InChI=1S/C23H17ClFN9O/c24-16-4-6-34-19(16)23(35)33(11-15-3-1-2-5-27-15)21(31-34)17-7-14(25)10-32(17)22-18-13(8-26)9-28-20(18)29-12-30-22/h1-6,9,12,14,17H,7,10-11H2,(H,28,29,30)/t14-,17-/m0/s1. The summed E-state index contributed by atoms with van der Waals surface area (Å²) in [5.41, 5.74) is 1.34. The minimum absolute atomic E-state index is 0.0246. The monoisotopic (exact) mass is 489 g/mol. The predicted molar refractivity (Wildman–Crippen MR) is 126 cm³/mol. The molecule has 0 spiro atoms. The fourth-order valence-electron chi connectivity index (χ4n) is 4.65. The Kier molecular flexibility index (Phi) is 4.96. The maximum absolute atomic E-state index is 15.0. The van der Waals surface area contributed by atoms with Crippen LogP contribution < -0.4 is 10.5 Å². The zero-order valence-electron chi connectivity index (χ0n) is 18.1. The average molecular weight is 490 g/mol. The fraction of sp³-hybridized carbons (Fsp3) is 0.217. The number of fused-ring (bicyclic) bond motifs is 2. The molecule has 0 radical (unpaired) electrons. The highest BCUT2D eigenvalue weighted by atomic mass is 35.5. The molecule has 5 aromatic heterocycles. The van der Waals surface area contributed by atoms with E-state index in [1.807, 2.05) is 6.07 Å². The molecule has 1 aliphatic rings. The summed E-state index contributed by atoms with van der Waals surface area (Å²) >= 11 is 6.29. The number of nitriles is 1. The van der Waals surface area contributed by atoms with Crippen molar-refractivity contribution in [3.63, 3.8) is 0 Å². The number of rotatable bonds is 4. The minimum Gasteiger partial charge on any atom is -0.345 e. The molecule has 1 fully saturated rings. The van der Waals surface area contributed by atoms with Crippen molar-refractivity contribution in [3.8, 4) is 6.07 Å².